The maximum absolute atomic E-state index is 13.9. The molecule has 4 rings (SSSR count). The Morgan fingerprint density at radius 2 is 1.92 bits per heavy atom. The van der Waals surface area contributed by atoms with Gasteiger partial charge in [0.1, 0.15) is 11.8 Å². The number of phenolic OH excluding ortho intramolecular Hbond substituents is 2. The Hall–Kier alpha value is -2.81. The molecule has 1 heterocycles. The van der Waals surface area contributed by atoms with Gasteiger partial charge in [0.25, 0.3) is 0 Å². The van der Waals surface area contributed by atoms with Gasteiger partial charge in [0, 0.05) is 11.3 Å². The van der Waals surface area contributed by atoms with E-state index < -0.39 is 11.6 Å². The second kappa shape index (κ2) is 6.17. The van der Waals surface area contributed by atoms with Crippen molar-refractivity contribution in [3.05, 3.63) is 79.7 Å². The number of benzene rings is 2. The Morgan fingerprint density at radius 1 is 1.12 bits per heavy atom. The van der Waals surface area contributed by atoms with Crippen molar-refractivity contribution in [1.82, 2.24) is 0 Å². The van der Waals surface area contributed by atoms with Crippen molar-refractivity contribution in [1.29, 1.82) is 5.26 Å². The molecule has 1 aliphatic rings. The lowest BCUT2D eigenvalue weighted by Crippen LogP contribution is -2.02. The fourth-order valence-electron chi connectivity index (χ4n) is 3.31. The van der Waals surface area contributed by atoms with Crippen molar-refractivity contribution in [2.24, 2.45) is 0 Å². The summed E-state index contributed by atoms with van der Waals surface area (Å²) < 4.78 is 13.9. The van der Waals surface area contributed by atoms with Crippen LogP contribution in [0.4, 0.5) is 4.39 Å². The summed E-state index contributed by atoms with van der Waals surface area (Å²) in [4.78, 5) is 0. The molecule has 0 saturated heterocycles. The van der Waals surface area contributed by atoms with Gasteiger partial charge in [-0.25, -0.2) is 4.39 Å². The number of hydrogen-bond donors (Lipinski definition) is 2. The highest BCUT2D eigenvalue weighted by Crippen LogP contribution is 2.50. The molecule has 1 atom stereocenters. The number of allylic oxidation sites excluding steroid dienone is 1. The van der Waals surface area contributed by atoms with Gasteiger partial charge in [0.05, 0.1) is 10.6 Å². The lowest BCUT2D eigenvalue weighted by molar-refractivity contribution is 0.432. The number of phenols is 2. The smallest absolute Gasteiger partial charge is 0.165 e. The lowest BCUT2D eigenvalue weighted by atomic mass is 9.85. The zero-order valence-corrected chi connectivity index (χ0v) is 14.8. The standard InChI is InChI=1S/C20H11ClFNO2S/c21-17-5-12(24)4-15-14(17)6-13(10-1-2-19(25)18(22)3-10)20(15)16-9-26-8-11(16)7-23/h1-6,8-9,20,24-25H. The number of halogens is 2. The topological polar surface area (TPSA) is 64.2 Å². The summed E-state index contributed by atoms with van der Waals surface area (Å²) in [5, 5.41) is 32.9. The highest BCUT2D eigenvalue weighted by molar-refractivity contribution is 7.08. The van der Waals surface area contributed by atoms with E-state index in [-0.39, 0.29) is 11.7 Å². The minimum absolute atomic E-state index is 0.0269. The van der Waals surface area contributed by atoms with Gasteiger partial charge in [0.2, 0.25) is 0 Å². The molecule has 0 saturated carbocycles. The molecule has 0 radical (unpaired) electrons. The first-order valence-electron chi connectivity index (χ1n) is 7.68. The number of fused-ring (bicyclic) bond motifs is 1. The summed E-state index contributed by atoms with van der Waals surface area (Å²) in [7, 11) is 0. The number of hydrogen-bond acceptors (Lipinski definition) is 4. The Balaban J connectivity index is 1.97. The normalized spacial score (nSPS) is 15.4. The summed E-state index contributed by atoms with van der Waals surface area (Å²) in [5.41, 5.74) is 4.12. The van der Waals surface area contributed by atoms with Crippen LogP contribution >= 0.6 is 22.9 Å². The molecule has 0 bridgehead atoms. The molecule has 0 spiro atoms. The van der Waals surface area contributed by atoms with Crippen LogP contribution in [0.1, 0.15) is 33.7 Å². The Morgan fingerprint density at radius 3 is 2.65 bits per heavy atom. The monoisotopic (exact) mass is 383 g/mol. The van der Waals surface area contributed by atoms with Crippen LogP contribution < -0.4 is 0 Å². The number of nitrogens with zero attached hydrogens (tertiary/aromatic N) is 1. The van der Waals surface area contributed by atoms with E-state index in [9.17, 15) is 19.9 Å². The SMILES string of the molecule is N#Cc1cscc1C1C(c2ccc(O)c(F)c2)=Cc2c(Cl)cc(O)cc21. The van der Waals surface area contributed by atoms with Crippen LogP contribution in [0.2, 0.25) is 5.02 Å². The molecule has 0 aliphatic heterocycles. The van der Waals surface area contributed by atoms with Crippen LogP contribution in [0.5, 0.6) is 11.5 Å². The van der Waals surface area contributed by atoms with Gasteiger partial charge in [0.15, 0.2) is 11.6 Å². The van der Waals surface area contributed by atoms with Gasteiger partial charge in [-0.3, -0.25) is 0 Å². The average Bonchev–Trinajstić information content (AvgIpc) is 3.21. The predicted molar refractivity (Wildman–Crippen MR) is 99.9 cm³/mol. The number of thiophene rings is 1. The van der Waals surface area contributed by atoms with Crippen molar-refractivity contribution >= 4 is 34.6 Å². The summed E-state index contributed by atoms with van der Waals surface area (Å²) in [5.74, 6) is -1.48. The Kier molecular flexibility index (Phi) is 3.95. The highest BCUT2D eigenvalue weighted by Gasteiger charge is 2.32. The van der Waals surface area contributed by atoms with Gasteiger partial charge in [-0.05, 0) is 63.5 Å². The predicted octanol–water partition coefficient (Wildman–Crippen LogP) is 5.51. The van der Waals surface area contributed by atoms with E-state index >= 15 is 0 Å². The third-order valence-corrected chi connectivity index (χ3v) is 5.55. The Bertz CT molecular complexity index is 1110. The van der Waals surface area contributed by atoms with Crippen LogP contribution in [-0.2, 0) is 0 Å². The molecule has 128 valence electrons. The minimum Gasteiger partial charge on any atom is -0.508 e. The molecule has 2 aromatic carbocycles. The maximum Gasteiger partial charge on any atom is 0.165 e. The summed E-state index contributed by atoms with van der Waals surface area (Å²) in [6, 6.07) is 9.42. The molecular weight excluding hydrogens is 373 g/mol. The molecule has 0 fully saturated rings. The molecule has 26 heavy (non-hydrogen) atoms. The Labute approximate surface area is 157 Å². The van der Waals surface area contributed by atoms with E-state index in [1.807, 2.05) is 11.5 Å². The van der Waals surface area contributed by atoms with Crippen LogP contribution in [-0.4, -0.2) is 10.2 Å². The van der Waals surface area contributed by atoms with E-state index in [2.05, 4.69) is 6.07 Å². The molecule has 2 N–H and O–H groups in total. The second-order valence-electron chi connectivity index (χ2n) is 5.98. The maximum atomic E-state index is 13.9. The van der Waals surface area contributed by atoms with E-state index in [4.69, 9.17) is 11.6 Å². The molecule has 6 heteroatoms. The first-order valence-corrected chi connectivity index (χ1v) is 9.00. The molecule has 3 nitrogen and oxygen atoms in total. The van der Waals surface area contributed by atoms with E-state index in [0.29, 0.717) is 16.1 Å². The lowest BCUT2D eigenvalue weighted by Gasteiger charge is -2.18. The third-order valence-electron chi connectivity index (χ3n) is 4.47. The van der Waals surface area contributed by atoms with E-state index in [1.54, 1.807) is 17.5 Å². The van der Waals surface area contributed by atoms with Gasteiger partial charge in [-0.2, -0.15) is 16.6 Å². The zero-order chi connectivity index (χ0) is 18.4. The van der Waals surface area contributed by atoms with Crippen LogP contribution in [0.15, 0.2) is 41.1 Å². The quantitative estimate of drug-likeness (QED) is 0.613. The van der Waals surface area contributed by atoms with Crippen molar-refractivity contribution in [3.63, 3.8) is 0 Å². The van der Waals surface area contributed by atoms with Crippen LogP contribution in [0, 0.1) is 17.1 Å². The van der Waals surface area contributed by atoms with Crippen molar-refractivity contribution in [2.45, 2.75) is 5.92 Å². The largest absolute Gasteiger partial charge is 0.508 e. The van der Waals surface area contributed by atoms with E-state index in [0.717, 1.165) is 22.3 Å². The van der Waals surface area contributed by atoms with Gasteiger partial charge in [-0.15, -0.1) is 0 Å². The number of aromatic hydroxyl groups is 2. The average molecular weight is 384 g/mol. The molecule has 0 amide bonds. The van der Waals surface area contributed by atoms with E-state index in [1.165, 1.54) is 29.5 Å². The van der Waals surface area contributed by atoms with Crippen LogP contribution in [0.25, 0.3) is 11.6 Å². The summed E-state index contributed by atoms with van der Waals surface area (Å²) in [6.45, 7) is 0. The summed E-state index contributed by atoms with van der Waals surface area (Å²) >= 11 is 7.71. The van der Waals surface area contributed by atoms with Crippen LogP contribution in [0.3, 0.4) is 0 Å². The molecule has 1 aliphatic carbocycles. The third kappa shape index (κ3) is 2.55. The minimum atomic E-state index is -0.724. The fraction of sp³-hybridized carbons (Fsp3) is 0.0500. The highest BCUT2D eigenvalue weighted by atomic mass is 35.5. The number of rotatable bonds is 2. The van der Waals surface area contributed by atoms with Gasteiger partial charge >= 0.3 is 0 Å². The zero-order valence-electron chi connectivity index (χ0n) is 13.2. The van der Waals surface area contributed by atoms with Gasteiger partial charge in [-0.1, -0.05) is 17.7 Å². The first-order chi connectivity index (χ1) is 12.5. The van der Waals surface area contributed by atoms with Crippen molar-refractivity contribution in [3.8, 4) is 17.6 Å². The molecule has 3 aromatic rings. The first kappa shape index (κ1) is 16.6. The molecular formula is C20H11ClFNO2S. The second-order valence-corrected chi connectivity index (χ2v) is 7.13. The van der Waals surface area contributed by atoms with Crippen molar-refractivity contribution < 1.29 is 14.6 Å². The van der Waals surface area contributed by atoms with Crippen molar-refractivity contribution in [2.75, 3.05) is 0 Å². The molecule has 1 aromatic heterocycles. The number of nitriles is 1. The van der Waals surface area contributed by atoms with Gasteiger partial charge < -0.3 is 10.2 Å². The molecule has 1 unspecified atom stereocenters. The fourth-order valence-corrected chi connectivity index (χ4v) is 4.39. The summed E-state index contributed by atoms with van der Waals surface area (Å²) in [6.07, 6.45) is 1.84.